The summed E-state index contributed by atoms with van der Waals surface area (Å²) >= 11 is 3.00. The molecule has 0 radical (unpaired) electrons. The zero-order valence-electron chi connectivity index (χ0n) is 13.7. The minimum absolute atomic E-state index is 0.194. The number of hydrogen-bond acceptors (Lipinski definition) is 5. The molecule has 2 heterocycles. The zero-order valence-corrected chi connectivity index (χ0v) is 15.4. The number of hydrogen-bond donors (Lipinski definition) is 1. The minimum Gasteiger partial charge on any atom is -0.369 e. The van der Waals surface area contributed by atoms with Crippen LogP contribution >= 0.6 is 23.1 Å². The summed E-state index contributed by atoms with van der Waals surface area (Å²) in [6.45, 7) is 4.19. The highest BCUT2D eigenvalue weighted by molar-refractivity contribution is 7.99. The number of benzene rings is 1. The van der Waals surface area contributed by atoms with E-state index >= 15 is 0 Å². The van der Waals surface area contributed by atoms with Crippen molar-refractivity contribution in [2.75, 3.05) is 5.75 Å². The first kappa shape index (κ1) is 16.7. The molecule has 0 aliphatic heterocycles. The second-order valence-corrected chi connectivity index (χ2v) is 7.59. The van der Waals surface area contributed by atoms with Crippen molar-refractivity contribution in [2.45, 2.75) is 19.0 Å². The van der Waals surface area contributed by atoms with Crippen LogP contribution in [-0.4, -0.2) is 26.4 Å². The highest BCUT2D eigenvalue weighted by atomic mass is 32.2. The van der Waals surface area contributed by atoms with Crippen molar-refractivity contribution in [3.8, 4) is 22.5 Å². The van der Waals surface area contributed by atoms with Gasteiger partial charge in [0, 0.05) is 28.4 Å². The van der Waals surface area contributed by atoms with Crippen molar-refractivity contribution < 1.29 is 4.79 Å². The molecule has 0 saturated heterocycles. The van der Waals surface area contributed by atoms with Crippen LogP contribution in [0.2, 0.25) is 0 Å². The van der Waals surface area contributed by atoms with E-state index in [1.54, 1.807) is 11.3 Å². The van der Waals surface area contributed by atoms with E-state index in [2.05, 4.69) is 53.7 Å². The maximum absolute atomic E-state index is 11.0. The molecule has 3 aromatic rings. The van der Waals surface area contributed by atoms with Gasteiger partial charge in [0.05, 0.1) is 5.75 Å². The Kier molecular flexibility index (Phi) is 4.73. The average molecular weight is 358 g/mol. The van der Waals surface area contributed by atoms with Gasteiger partial charge >= 0.3 is 0 Å². The quantitative estimate of drug-likeness (QED) is 0.709. The number of primary amides is 1. The second kappa shape index (κ2) is 6.78. The molecule has 1 aromatic carbocycles. The van der Waals surface area contributed by atoms with Crippen LogP contribution in [-0.2, 0) is 11.8 Å². The van der Waals surface area contributed by atoms with E-state index in [0.29, 0.717) is 5.16 Å². The van der Waals surface area contributed by atoms with Crippen molar-refractivity contribution in [1.82, 2.24) is 14.8 Å². The van der Waals surface area contributed by atoms with Crippen LogP contribution < -0.4 is 5.73 Å². The number of nitrogens with zero attached hydrogens (tertiary/aromatic N) is 3. The Hall–Kier alpha value is -2.12. The Morgan fingerprint density at radius 3 is 2.62 bits per heavy atom. The van der Waals surface area contributed by atoms with Gasteiger partial charge in [-0.2, -0.15) is 0 Å². The number of thiophene rings is 1. The summed E-state index contributed by atoms with van der Waals surface area (Å²) in [6.07, 6.45) is 0. The Balaban J connectivity index is 2.02. The normalized spacial score (nSPS) is 11.0. The van der Waals surface area contributed by atoms with E-state index in [1.165, 1.54) is 33.3 Å². The number of carbonyl (C=O) groups excluding carboxylic acids is 1. The number of rotatable bonds is 5. The van der Waals surface area contributed by atoms with E-state index in [4.69, 9.17) is 5.73 Å². The minimum atomic E-state index is -0.365. The van der Waals surface area contributed by atoms with Crippen molar-refractivity contribution in [2.24, 2.45) is 12.8 Å². The van der Waals surface area contributed by atoms with Crippen LogP contribution in [0.1, 0.15) is 10.4 Å². The fraction of sp³-hybridized carbons (Fsp3) is 0.235. The molecule has 0 aliphatic carbocycles. The topological polar surface area (TPSA) is 73.8 Å². The van der Waals surface area contributed by atoms with Crippen LogP contribution in [0.25, 0.3) is 22.5 Å². The van der Waals surface area contributed by atoms with Gasteiger partial charge in [0.1, 0.15) is 0 Å². The number of amides is 1. The van der Waals surface area contributed by atoms with E-state index in [0.717, 1.165) is 11.4 Å². The maximum atomic E-state index is 11.0. The van der Waals surface area contributed by atoms with Crippen LogP contribution in [0.15, 0.2) is 34.8 Å². The SMILES string of the molecule is Cc1ccc(-c2c(-c3nnc(SCC(N)=O)n3C)csc2C)cc1. The number of carbonyl (C=O) groups is 1. The summed E-state index contributed by atoms with van der Waals surface area (Å²) in [5, 5.41) is 11.3. The van der Waals surface area contributed by atoms with Crippen LogP contribution in [0.3, 0.4) is 0 Å². The largest absolute Gasteiger partial charge is 0.369 e. The molecule has 0 fully saturated rings. The van der Waals surface area contributed by atoms with Crippen molar-refractivity contribution in [3.63, 3.8) is 0 Å². The smallest absolute Gasteiger partial charge is 0.227 e. The van der Waals surface area contributed by atoms with Gasteiger partial charge in [-0.05, 0) is 19.4 Å². The molecule has 24 heavy (non-hydrogen) atoms. The molecule has 7 heteroatoms. The third kappa shape index (κ3) is 3.22. The van der Waals surface area contributed by atoms with Gasteiger partial charge in [-0.1, -0.05) is 41.6 Å². The summed E-state index contributed by atoms with van der Waals surface area (Å²) in [5.74, 6) is 0.623. The maximum Gasteiger partial charge on any atom is 0.227 e. The Morgan fingerprint density at radius 1 is 1.25 bits per heavy atom. The Morgan fingerprint density at radius 2 is 1.96 bits per heavy atom. The summed E-state index contributed by atoms with van der Waals surface area (Å²) in [6, 6.07) is 8.49. The third-order valence-electron chi connectivity index (χ3n) is 3.73. The number of aromatic nitrogens is 3. The fourth-order valence-electron chi connectivity index (χ4n) is 2.51. The Labute approximate surface area is 148 Å². The van der Waals surface area contributed by atoms with E-state index in [1.807, 2.05) is 11.6 Å². The summed E-state index contributed by atoms with van der Waals surface area (Å²) in [7, 11) is 1.91. The Bertz CT molecular complexity index is 881. The number of aryl methyl sites for hydroxylation is 2. The molecule has 124 valence electrons. The highest BCUT2D eigenvalue weighted by Gasteiger charge is 2.19. The first-order valence-corrected chi connectivity index (χ1v) is 9.30. The van der Waals surface area contributed by atoms with Crippen LogP contribution in [0.4, 0.5) is 0 Å². The fourth-order valence-corrected chi connectivity index (χ4v) is 4.02. The summed E-state index contributed by atoms with van der Waals surface area (Å²) in [4.78, 5) is 12.2. The molecule has 0 aliphatic rings. The number of thioether (sulfide) groups is 1. The molecule has 3 rings (SSSR count). The van der Waals surface area contributed by atoms with Crippen LogP contribution in [0.5, 0.6) is 0 Å². The molecule has 0 bridgehead atoms. The highest BCUT2D eigenvalue weighted by Crippen LogP contribution is 2.38. The van der Waals surface area contributed by atoms with Crippen molar-refractivity contribution in [3.05, 3.63) is 40.1 Å². The van der Waals surface area contributed by atoms with E-state index in [9.17, 15) is 4.79 Å². The van der Waals surface area contributed by atoms with Gasteiger partial charge in [0.25, 0.3) is 0 Å². The van der Waals surface area contributed by atoms with Crippen LogP contribution in [0, 0.1) is 13.8 Å². The molecule has 0 spiro atoms. The first-order valence-electron chi connectivity index (χ1n) is 7.43. The predicted octanol–water partition coefficient (Wildman–Crippen LogP) is 3.40. The standard InChI is InChI=1S/C17H18N4OS2/c1-10-4-6-12(7-5-10)15-11(2)23-8-13(15)16-19-20-17(21(16)3)24-9-14(18)22/h4-8H,9H2,1-3H3,(H2,18,22). The molecular weight excluding hydrogens is 340 g/mol. The van der Waals surface area contributed by atoms with Gasteiger partial charge in [-0.25, -0.2) is 0 Å². The lowest BCUT2D eigenvalue weighted by Crippen LogP contribution is -2.13. The van der Waals surface area contributed by atoms with Gasteiger partial charge in [0.2, 0.25) is 5.91 Å². The third-order valence-corrected chi connectivity index (χ3v) is 5.69. The monoisotopic (exact) mass is 358 g/mol. The second-order valence-electron chi connectivity index (χ2n) is 5.57. The molecule has 1 amide bonds. The van der Waals surface area contributed by atoms with Gasteiger partial charge < -0.3 is 10.3 Å². The predicted molar refractivity (Wildman–Crippen MR) is 99.1 cm³/mol. The lowest BCUT2D eigenvalue weighted by atomic mass is 10.0. The summed E-state index contributed by atoms with van der Waals surface area (Å²) in [5.41, 5.74) is 9.85. The van der Waals surface area contributed by atoms with Gasteiger partial charge in [-0.15, -0.1) is 21.5 Å². The zero-order chi connectivity index (χ0) is 17.3. The molecule has 0 atom stereocenters. The van der Waals surface area contributed by atoms with E-state index in [-0.39, 0.29) is 11.7 Å². The van der Waals surface area contributed by atoms with Crippen molar-refractivity contribution >= 4 is 29.0 Å². The molecule has 2 N–H and O–H groups in total. The molecular formula is C17H18N4OS2. The van der Waals surface area contributed by atoms with Gasteiger partial charge in [-0.3, -0.25) is 4.79 Å². The first-order chi connectivity index (χ1) is 11.5. The lowest BCUT2D eigenvalue weighted by Gasteiger charge is -2.07. The summed E-state index contributed by atoms with van der Waals surface area (Å²) < 4.78 is 1.91. The molecule has 0 unspecified atom stereocenters. The molecule has 0 saturated carbocycles. The average Bonchev–Trinajstić information content (AvgIpc) is 3.09. The lowest BCUT2D eigenvalue weighted by molar-refractivity contribution is -0.115. The van der Waals surface area contributed by atoms with E-state index < -0.39 is 0 Å². The molecule has 5 nitrogen and oxygen atoms in total. The molecule has 2 aromatic heterocycles. The number of nitrogens with two attached hydrogens (primary N) is 1. The van der Waals surface area contributed by atoms with Crippen molar-refractivity contribution in [1.29, 1.82) is 0 Å². The van der Waals surface area contributed by atoms with Gasteiger partial charge in [0.15, 0.2) is 11.0 Å².